The van der Waals surface area contributed by atoms with Crippen molar-refractivity contribution in [2.24, 2.45) is 4.99 Å². The molecular weight excluding hydrogens is 562 g/mol. The third-order valence-corrected chi connectivity index (χ3v) is 6.00. The van der Waals surface area contributed by atoms with E-state index in [1.807, 2.05) is 0 Å². The molecule has 2 amide bonds. The molecule has 0 bridgehead atoms. The molecule has 0 aliphatic carbocycles. The molecule has 1 aliphatic rings. The minimum absolute atomic E-state index is 0.0330. The third-order valence-electron chi connectivity index (χ3n) is 5.79. The number of nitrogens with one attached hydrogen (secondary N) is 5. The second-order valence-electron chi connectivity index (χ2n) is 8.82. The molecule has 11 nitrogen and oxygen atoms in total. The first-order valence-electron chi connectivity index (χ1n) is 11.7. The number of aromatic amines is 1. The molecule has 2 heterocycles. The van der Waals surface area contributed by atoms with Gasteiger partial charge >= 0.3 is 12.1 Å². The monoisotopic (exact) mass is 583 g/mol. The number of nitrogens with zero attached hydrogens (tertiary/aromatic N) is 2. The number of rotatable bonds is 8. The van der Waals surface area contributed by atoms with Crippen LogP contribution in [0, 0.1) is 0 Å². The highest BCUT2D eigenvalue weighted by Crippen LogP contribution is 2.34. The maximum Gasteiger partial charge on any atom is 0.416 e. The van der Waals surface area contributed by atoms with E-state index in [1.165, 1.54) is 18.3 Å². The molecule has 0 radical (unpaired) electrons. The molecule has 0 saturated carbocycles. The highest BCUT2D eigenvalue weighted by molar-refractivity contribution is 6.30. The second-order valence-corrected chi connectivity index (χ2v) is 9.26. The van der Waals surface area contributed by atoms with Gasteiger partial charge < -0.3 is 26.4 Å². The van der Waals surface area contributed by atoms with Crippen LogP contribution >= 0.6 is 11.6 Å². The fourth-order valence-corrected chi connectivity index (χ4v) is 4.17. The zero-order valence-corrected chi connectivity index (χ0v) is 21.2. The van der Waals surface area contributed by atoms with E-state index >= 15 is 0 Å². The Kier molecular flexibility index (Phi) is 8.42. The fourth-order valence-electron chi connectivity index (χ4n) is 3.93. The van der Waals surface area contributed by atoms with E-state index in [-0.39, 0.29) is 29.2 Å². The zero-order valence-electron chi connectivity index (χ0n) is 20.4. The summed E-state index contributed by atoms with van der Waals surface area (Å²) in [5, 5.41) is 26.7. The summed E-state index contributed by atoms with van der Waals surface area (Å²) in [6.07, 6.45) is -5.09. The zero-order chi connectivity index (χ0) is 29.0. The molecule has 1 aromatic heterocycles. The fraction of sp³-hybridized carbons (Fsp3) is 0.292. The molecule has 16 heteroatoms. The minimum atomic E-state index is -4.75. The van der Waals surface area contributed by atoms with Crippen molar-refractivity contribution < 1.29 is 37.1 Å². The van der Waals surface area contributed by atoms with E-state index in [2.05, 4.69) is 36.5 Å². The number of carboxylic acids is 1. The van der Waals surface area contributed by atoms with Gasteiger partial charge in [0.2, 0.25) is 5.91 Å². The molecule has 6 N–H and O–H groups in total. The summed E-state index contributed by atoms with van der Waals surface area (Å²) >= 11 is 5.80. The number of halogens is 5. The average molecular weight is 584 g/mol. The van der Waals surface area contributed by atoms with Crippen LogP contribution in [0.1, 0.15) is 33.9 Å². The van der Waals surface area contributed by atoms with Gasteiger partial charge in [0.05, 0.1) is 55.1 Å². The summed E-state index contributed by atoms with van der Waals surface area (Å²) in [7, 11) is 0. The van der Waals surface area contributed by atoms with Crippen molar-refractivity contribution in [3.63, 3.8) is 0 Å². The predicted molar refractivity (Wildman–Crippen MR) is 137 cm³/mol. The van der Waals surface area contributed by atoms with Crippen LogP contribution in [0.5, 0.6) is 0 Å². The molecule has 0 spiro atoms. The minimum Gasteiger partial charge on any atom is -0.481 e. The van der Waals surface area contributed by atoms with Gasteiger partial charge in [-0.05, 0) is 35.9 Å². The molecular formula is C24H22ClF4N7O4. The number of amides is 2. The van der Waals surface area contributed by atoms with Crippen LogP contribution in [0.4, 0.5) is 23.2 Å². The Morgan fingerprint density at radius 2 is 1.95 bits per heavy atom. The first-order chi connectivity index (χ1) is 18.9. The molecule has 212 valence electrons. The van der Waals surface area contributed by atoms with E-state index in [9.17, 15) is 37.1 Å². The quantitative estimate of drug-likeness (QED) is 0.222. The number of H-pyrrole nitrogens is 1. The van der Waals surface area contributed by atoms with Crippen molar-refractivity contribution in [3.8, 4) is 0 Å². The summed E-state index contributed by atoms with van der Waals surface area (Å²) in [4.78, 5) is 40.8. The lowest BCUT2D eigenvalue weighted by molar-refractivity contribution is -0.138. The van der Waals surface area contributed by atoms with Crippen molar-refractivity contribution in [1.29, 1.82) is 0 Å². The number of benzene rings is 2. The summed E-state index contributed by atoms with van der Waals surface area (Å²) < 4.78 is 53.0. The van der Waals surface area contributed by atoms with Gasteiger partial charge in [-0.15, -0.1) is 0 Å². The Balaban J connectivity index is 1.46. The summed E-state index contributed by atoms with van der Waals surface area (Å²) in [6, 6.07) is 4.09. The largest absolute Gasteiger partial charge is 0.481 e. The lowest BCUT2D eigenvalue weighted by Gasteiger charge is -2.20. The summed E-state index contributed by atoms with van der Waals surface area (Å²) in [6.45, 7) is -0.586. The highest BCUT2D eigenvalue weighted by atomic mass is 35.5. The topological polar surface area (TPSA) is 161 Å². The van der Waals surface area contributed by atoms with Crippen LogP contribution < -0.4 is 21.3 Å². The summed E-state index contributed by atoms with van der Waals surface area (Å²) in [5.41, 5.74) is -0.264. The number of fused-ring (bicyclic) bond motifs is 1. The van der Waals surface area contributed by atoms with E-state index in [4.69, 9.17) is 11.6 Å². The van der Waals surface area contributed by atoms with Crippen molar-refractivity contribution in [2.45, 2.75) is 24.8 Å². The maximum absolute atomic E-state index is 13.4. The molecule has 2 atom stereocenters. The van der Waals surface area contributed by atoms with Crippen LogP contribution in [0.25, 0.3) is 10.9 Å². The molecule has 0 saturated heterocycles. The van der Waals surface area contributed by atoms with Crippen LogP contribution in [0.2, 0.25) is 5.02 Å². The van der Waals surface area contributed by atoms with Crippen LogP contribution in [0.15, 0.2) is 41.5 Å². The number of alkyl halides is 4. The number of aliphatic imine (C=N–C) groups is 1. The van der Waals surface area contributed by atoms with E-state index in [1.54, 1.807) is 0 Å². The molecule has 3 aromatic rings. The van der Waals surface area contributed by atoms with Gasteiger partial charge in [-0.2, -0.15) is 18.3 Å². The number of hydrogen-bond acceptors (Lipinski definition) is 7. The molecule has 1 aliphatic heterocycles. The van der Waals surface area contributed by atoms with Gasteiger partial charge in [-0.1, -0.05) is 11.6 Å². The number of carbonyl (C=O) groups is 3. The standard InChI is InChI=1S/C24H22ClF4N7O4/c25-14-2-11(1-13(5-14)24(27,28)29)17(6-21(38)39)34-20(37)10-30-22(40)12-3-18(16-9-33-36-19(16)4-12)35-23-31-7-15(26)8-32-23/h1-5,9,15,17H,6-8,10H2,(H,30,40)(H,33,36)(H,34,37)(H,38,39)(H2,31,32,35)/t17-/m0/s1. The Hall–Kier alpha value is -4.40. The van der Waals surface area contributed by atoms with Crippen LogP contribution in [0.3, 0.4) is 0 Å². The Morgan fingerprint density at radius 3 is 2.62 bits per heavy atom. The van der Waals surface area contributed by atoms with Crippen molar-refractivity contribution in [1.82, 2.24) is 26.1 Å². The number of carboxylic acid groups (broad SMARTS) is 1. The first-order valence-corrected chi connectivity index (χ1v) is 12.1. The van der Waals surface area contributed by atoms with Gasteiger partial charge in [-0.25, -0.2) is 9.38 Å². The normalized spacial score (nSPS) is 16.0. The van der Waals surface area contributed by atoms with Gasteiger partial charge in [-0.3, -0.25) is 19.5 Å². The van der Waals surface area contributed by atoms with Crippen LogP contribution in [-0.4, -0.2) is 64.9 Å². The third kappa shape index (κ3) is 7.16. The van der Waals surface area contributed by atoms with Crippen molar-refractivity contribution >= 4 is 51.9 Å². The molecule has 0 fully saturated rings. The van der Waals surface area contributed by atoms with Crippen molar-refractivity contribution in [3.05, 3.63) is 58.2 Å². The molecule has 4 rings (SSSR count). The van der Waals surface area contributed by atoms with Crippen LogP contribution in [-0.2, 0) is 15.8 Å². The number of anilines is 1. The second kappa shape index (κ2) is 11.8. The Bertz CT molecular complexity index is 1480. The van der Waals surface area contributed by atoms with E-state index in [0.29, 0.717) is 34.7 Å². The number of guanidine groups is 1. The average Bonchev–Trinajstić information content (AvgIpc) is 3.36. The Labute approximate surface area is 228 Å². The van der Waals surface area contributed by atoms with E-state index in [0.717, 1.165) is 6.07 Å². The van der Waals surface area contributed by atoms with Gasteiger partial charge in [0.15, 0.2) is 5.96 Å². The first kappa shape index (κ1) is 28.6. The lowest BCUT2D eigenvalue weighted by atomic mass is 10.0. The smallest absolute Gasteiger partial charge is 0.416 e. The number of aromatic nitrogens is 2. The maximum atomic E-state index is 13.4. The van der Waals surface area contributed by atoms with Crippen molar-refractivity contribution in [2.75, 3.05) is 25.0 Å². The number of hydrogen-bond donors (Lipinski definition) is 6. The Morgan fingerprint density at radius 1 is 1.18 bits per heavy atom. The van der Waals surface area contributed by atoms with Gasteiger partial charge in [0.1, 0.15) is 6.17 Å². The van der Waals surface area contributed by atoms with Gasteiger partial charge in [0.25, 0.3) is 5.91 Å². The molecule has 40 heavy (non-hydrogen) atoms. The molecule has 2 aromatic carbocycles. The predicted octanol–water partition coefficient (Wildman–Crippen LogP) is 3.01. The summed E-state index contributed by atoms with van der Waals surface area (Å²) in [5.74, 6) is -2.62. The van der Waals surface area contributed by atoms with E-state index < -0.39 is 54.7 Å². The SMILES string of the molecule is O=C(O)C[C@H](NC(=O)CNC(=O)c1cc(NC2=NCC(F)CN2)c2cn[nH]c2c1)c1cc(Cl)cc(C(F)(F)F)c1. The lowest BCUT2D eigenvalue weighted by Crippen LogP contribution is -2.41. The number of aliphatic carboxylic acids is 1. The highest BCUT2D eigenvalue weighted by Gasteiger charge is 2.32. The van der Waals surface area contributed by atoms with Gasteiger partial charge in [0, 0.05) is 16.0 Å². The number of carbonyl (C=O) groups excluding carboxylic acids is 2. The molecule has 1 unspecified atom stereocenters.